The summed E-state index contributed by atoms with van der Waals surface area (Å²) < 4.78 is 6.52. The number of aromatic nitrogens is 1. The van der Waals surface area contributed by atoms with Gasteiger partial charge in [0.25, 0.3) is 11.6 Å². The maximum absolute atomic E-state index is 12.4. The van der Waals surface area contributed by atoms with Crippen molar-refractivity contribution in [2.45, 2.75) is 13.0 Å². The Bertz CT molecular complexity index is 906. The van der Waals surface area contributed by atoms with Gasteiger partial charge in [-0.25, -0.2) is 4.98 Å². The van der Waals surface area contributed by atoms with Crippen molar-refractivity contribution in [2.75, 3.05) is 13.7 Å². The van der Waals surface area contributed by atoms with E-state index in [1.54, 1.807) is 23.3 Å². The van der Waals surface area contributed by atoms with E-state index in [-0.39, 0.29) is 24.2 Å². The van der Waals surface area contributed by atoms with Crippen LogP contribution in [0.2, 0.25) is 0 Å². The largest absolute Gasteiger partial charge is 0.484 e. The molecule has 3 rings (SSSR count). The summed E-state index contributed by atoms with van der Waals surface area (Å²) in [5.74, 6) is 0.208. The number of nitro groups is 1. The summed E-state index contributed by atoms with van der Waals surface area (Å²) in [7, 11) is 1.71. The van der Waals surface area contributed by atoms with Gasteiger partial charge in [0.05, 0.1) is 21.2 Å². The lowest BCUT2D eigenvalue weighted by Gasteiger charge is -2.23. The molecule has 0 radical (unpaired) electrons. The number of hydrogen-bond acceptors (Lipinski definition) is 6. The zero-order chi connectivity index (χ0) is 18.7. The second kappa shape index (κ2) is 7.49. The van der Waals surface area contributed by atoms with E-state index >= 15 is 0 Å². The minimum absolute atomic E-state index is 0.0229. The van der Waals surface area contributed by atoms with Crippen LogP contribution in [0.5, 0.6) is 5.75 Å². The number of non-ortho nitro benzene ring substituents is 1. The third kappa shape index (κ3) is 3.80. The first-order chi connectivity index (χ1) is 12.5. The molecule has 0 saturated carbocycles. The summed E-state index contributed by atoms with van der Waals surface area (Å²) >= 11 is 1.56. The summed E-state index contributed by atoms with van der Waals surface area (Å²) in [6.07, 6.45) is 0. The summed E-state index contributed by atoms with van der Waals surface area (Å²) in [5, 5.41) is 11.5. The number of carbonyl (C=O) groups is 1. The maximum atomic E-state index is 12.4. The van der Waals surface area contributed by atoms with E-state index in [1.165, 1.54) is 24.3 Å². The third-order valence-corrected chi connectivity index (χ3v) is 5.26. The minimum atomic E-state index is -0.484. The van der Waals surface area contributed by atoms with E-state index in [1.807, 2.05) is 31.2 Å². The Morgan fingerprint density at radius 1 is 1.27 bits per heavy atom. The van der Waals surface area contributed by atoms with E-state index in [2.05, 4.69) is 4.98 Å². The van der Waals surface area contributed by atoms with Crippen LogP contribution in [0.3, 0.4) is 0 Å². The molecule has 1 heterocycles. The molecule has 0 aliphatic carbocycles. The minimum Gasteiger partial charge on any atom is -0.484 e. The molecular formula is C18H17N3O4S. The number of likely N-dealkylation sites (N-methyl/N-ethyl adjacent to an activating group) is 1. The molecule has 26 heavy (non-hydrogen) atoms. The van der Waals surface area contributed by atoms with Crippen LogP contribution in [0.1, 0.15) is 18.0 Å². The second-order valence-corrected chi connectivity index (χ2v) is 6.80. The van der Waals surface area contributed by atoms with Crippen molar-refractivity contribution >= 4 is 33.1 Å². The van der Waals surface area contributed by atoms with Crippen LogP contribution in [0.25, 0.3) is 10.2 Å². The number of ether oxygens (including phenoxy) is 1. The highest BCUT2D eigenvalue weighted by Gasteiger charge is 2.21. The van der Waals surface area contributed by atoms with Gasteiger partial charge in [0.1, 0.15) is 10.8 Å². The van der Waals surface area contributed by atoms with E-state index < -0.39 is 4.92 Å². The molecule has 7 nitrogen and oxygen atoms in total. The van der Waals surface area contributed by atoms with Crippen LogP contribution in [-0.4, -0.2) is 34.4 Å². The zero-order valence-electron chi connectivity index (χ0n) is 14.3. The molecule has 1 atom stereocenters. The van der Waals surface area contributed by atoms with Gasteiger partial charge in [0.2, 0.25) is 0 Å². The Kier molecular flexibility index (Phi) is 5.13. The Morgan fingerprint density at radius 3 is 2.62 bits per heavy atom. The van der Waals surface area contributed by atoms with Crippen LogP contribution < -0.4 is 4.74 Å². The fraction of sp³-hybridized carbons (Fsp3) is 0.222. The molecule has 2 aromatic carbocycles. The Hall–Kier alpha value is -3.00. The molecule has 1 unspecified atom stereocenters. The van der Waals surface area contributed by atoms with Crippen LogP contribution in [0, 0.1) is 10.1 Å². The molecule has 0 aliphatic heterocycles. The molecule has 1 amide bonds. The van der Waals surface area contributed by atoms with Gasteiger partial charge in [-0.05, 0) is 31.2 Å². The van der Waals surface area contributed by atoms with Gasteiger partial charge in [0, 0.05) is 19.2 Å². The zero-order valence-corrected chi connectivity index (χ0v) is 15.1. The molecule has 8 heteroatoms. The molecule has 3 aromatic rings. The summed E-state index contributed by atoms with van der Waals surface area (Å²) in [6.45, 7) is 1.77. The number of carbonyl (C=O) groups excluding carboxylic acids is 1. The smallest absolute Gasteiger partial charge is 0.269 e. The second-order valence-electron chi connectivity index (χ2n) is 5.74. The number of nitro benzene ring substituents is 1. The molecule has 1 aromatic heterocycles. The molecule has 0 bridgehead atoms. The molecule has 0 spiro atoms. The van der Waals surface area contributed by atoms with Gasteiger partial charge in [0.15, 0.2) is 6.61 Å². The first kappa shape index (κ1) is 17.8. The highest BCUT2D eigenvalue weighted by Crippen LogP contribution is 2.28. The van der Waals surface area contributed by atoms with E-state index in [4.69, 9.17) is 4.74 Å². The van der Waals surface area contributed by atoms with E-state index in [9.17, 15) is 14.9 Å². The number of hydrogen-bond donors (Lipinski definition) is 0. The molecular weight excluding hydrogens is 354 g/mol. The molecule has 134 valence electrons. The average Bonchev–Trinajstić information content (AvgIpc) is 3.09. The van der Waals surface area contributed by atoms with Crippen molar-refractivity contribution in [1.82, 2.24) is 9.88 Å². The Morgan fingerprint density at radius 2 is 1.96 bits per heavy atom. The fourth-order valence-electron chi connectivity index (χ4n) is 2.36. The summed E-state index contributed by atoms with van der Waals surface area (Å²) in [6, 6.07) is 13.3. The van der Waals surface area contributed by atoms with Gasteiger partial charge >= 0.3 is 0 Å². The summed E-state index contributed by atoms with van der Waals surface area (Å²) in [5.41, 5.74) is 0.896. The Balaban J connectivity index is 1.62. The highest BCUT2D eigenvalue weighted by atomic mass is 32.1. The summed E-state index contributed by atoms with van der Waals surface area (Å²) in [4.78, 5) is 28.7. The first-order valence-corrected chi connectivity index (χ1v) is 8.75. The number of fused-ring (bicyclic) bond motifs is 1. The van der Waals surface area contributed by atoms with Gasteiger partial charge in [-0.2, -0.15) is 0 Å². The average molecular weight is 371 g/mol. The van der Waals surface area contributed by atoms with Crippen molar-refractivity contribution in [3.63, 3.8) is 0 Å². The van der Waals surface area contributed by atoms with Crippen molar-refractivity contribution in [3.8, 4) is 5.75 Å². The van der Waals surface area contributed by atoms with Gasteiger partial charge in [-0.15, -0.1) is 11.3 Å². The van der Waals surface area contributed by atoms with Gasteiger partial charge in [-0.3, -0.25) is 14.9 Å². The van der Waals surface area contributed by atoms with Gasteiger partial charge < -0.3 is 9.64 Å². The van der Waals surface area contributed by atoms with E-state index in [0.717, 1.165) is 15.2 Å². The lowest BCUT2D eigenvalue weighted by molar-refractivity contribution is -0.384. The van der Waals surface area contributed by atoms with Crippen LogP contribution in [-0.2, 0) is 4.79 Å². The predicted molar refractivity (Wildman–Crippen MR) is 99.4 cm³/mol. The van der Waals surface area contributed by atoms with Crippen molar-refractivity contribution < 1.29 is 14.5 Å². The lowest BCUT2D eigenvalue weighted by atomic mass is 10.3. The third-order valence-electron chi connectivity index (χ3n) is 4.05. The van der Waals surface area contributed by atoms with Crippen molar-refractivity contribution in [3.05, 3.63) is 63.7 Å². The van der Waals surface area contributed by atoms with Gasteiger partial charge in [-0.1, -0.05) is 12.1 Å². The number of benzene rings is 2. The predicted octanol–water partition coefficient (Wildman–Crippen LogP) is 3.80. The SMILES string of the molecule is CC(c1nc2ccccc2s1)N(C)C(=O)COc1ccc([N+](=O)[O-])cc1. The number of thiazole rings is 1. The lowest BCUT2D eigenvalue weighted by Crippen LogP contribution is -2.33. The van der Waals surface area contributed by atoms with Crippen LogP contribution >= 0.6 is 11.3 Å². The molecule has 0 aliphatic rings. The molecule has 0 fully saturated rings. The number of para-hydroxylation sites is 1. The van der Waals surface area contributed by atoms with Crippen molar-refractivity contribution in [1.29, 1.82) is 0 Å². The van der Waals surface area contributed by atoms with Crippen LogP contribution in [0.4, 0.5) is 5.69 Å². The normalized spacial score (nSPS) is 11.9. The number of rotatable bonds is 6. The monoisotopic (exact) mass is 371 g/mol. The Labute approximate surface area is 154 Å². The topological polar surface area (TPSA) is 85.6 Å². The van der Waals surface area contributed by atoms with E-state index in [0.29, 0.717) is 5.75 Å². The fourth-order valence-corrected chi connectivity index (χ4v) is 3.42. The standard InChI is InChI=1S/C18H17N3O4S/c1-12(18-19-15-5-3-4-6-16(15)26-18)20(2)17(22)11-25-14-9-7-13(8-10-14)21(23)24/h3-10,12H,11H2,1-2H3. The first-order valence-electron chi connectivity index (χ1n) is 7.94. The molecule has 0 N–H and O–H groups in total. The van der Waals surface area contributed by atoms with Crippen LogP contribution in [0.15, 0.2) is 48.5 Å². The molecule has 0 saturated heterocycles. The van der Waals surface area contributed by atoms with Crippen molar-refractivity contribution in [2.24, 2.45) is 0 Å². The highest BCUT2D eigenvalue weighted by molar-refractivity contribution is 7.18. The quantitative estimate of drug-likeness (QED) is 0.486. The number of amides is 1. The number of nitrogens with zero attached hydrogens (tertiary/aromatic N) is 3. The maximum Gasteiger partial charge on any atom is 0.269 e.